The SMILES string of the molecule is CC(C)(C)CC(=O)N(Cc1ccc(C(F)(F)F)cc1)C[C@H]1CC(c2cccc(F)c2)=NO1. The number of hydrogen-bond acceptors (Lipinski definition) is 3. The van der Waals surface area contributed by atoms with Crippen LogP contribution in [0.2, 0.25) is 0 Å². The van der Waals surface area contributed by atoms with Crippen molar-refractivity contribution in [3.05, 3.63) is 71.0 Å². The van der Waals surface area contributed by atoms with Gasteiger partial charge in [-0.05, 0) is 35.2 Å². The number of rotatable bonds is 6. The van der Waals surface area contributed by atoms with Gasteiger partial charge < -0.3 is 9.74 Å². The molecule has 0 fully saturated rings. The summed E-state index contributed by atoms with van der Waals surface area (Å²) in [5.74, 6) is -0.502. The molecule has 32 heavy (non-hydrogen) atoms. The maximum Gasteiger partial charge on any atom is 0.416 e. The molecule has 0 unspecified atom stereocenters. The van der Waals surface area contributed by atoms with Crippen molar-refractivity contribution in [2.24, 2.45) is 10.6 Å². The Bertz CT molecular complexity index is 979. The third kappa shape index (κ3) is 6.55. The molecule has 4 nitrogen and oxygen atoms in total. The minimum absolute atomic E-state index is 0.125. The van der Waals surface area contributed by atoms with Crippen molar-refractivity contribution in [3.8, 4) is 0 Å². The fourth-order valence-corrected chi connectivity index (χ4v) is 3.45. The second kappa shape index (κ2) is 9.30. The normalized spacial score (nSPS) is 16.5. The number of carbonyl (C=O) groups is 1. The Hall–Kier alpha value is -2.90. The van der Waals surface area contributed by atoms with Gasteiger partial charge in [-0.1, -0.05) is 50.2 Å². The highest BCUT2D eigenvalue weighted by atomic mass is 19.4. The Balaban J connectivity index is 1.71. The molecule has 0 radical (unpaired) electrons. The maximum atomic E-state index is 13.5. The summed E-state index contributed by atoms with van der Waals surface area (Å²) in [6.07, 6.45) is -4.16. The van der Waals surface area contributed by atoms with Gasteiger partial charge in [0, 0.05) is 24.9 Å². The molecule has 1 aliphatic heterocycles. The molecule has 0 aliphatic carbocycles. The average molecular weight is 450 g/mol. The van der Waals surface area contributed by atoms with Crippen LogP contribution in [0, 0.1) is 11.2 Å². The lowest BCUT2D eigenvalue weighted by Gasteiger charge is -2.28. The van der Waals surface area contributed by atoms with Gasteiger partial charge in [-0.25, -0.2) is 4.39 Å². The number of benzene rings is 2. The Labute approximate surface area is 184 Å². The predicted molar refractivity (Wildman–Crippen MR) is 113 cm³/mol. The first-order valence-corrected chi connectivity index (χ1v) is 10.3. The first-order valence-electron chi connectivity index (χ1n) is 10.3. The molecule has 1 atom stereocenters. The Morgan fingerprint density at radius 1 is 1.12 bits per heavy atom. The third-order valence-corrected chi connectivity index (χ3v) is 5.00. The van der Waals surface area contributed by atoms with Gasteiger partial charge in [0.15, 0.2) is 6.10 Å². The maximum absolute atomic E-state index is 13.5. The van der Waals surface area contributed by atoms with E-state index in [-0.39, 0.29) is 36.6 Å². The highest BCUT2D eigenvalue weighted by Crippen LogP contribution is 2.29. The zero-order valence-electron chi connectivity index (χ0n) is 18.2. The molecule has 0 aromatic heterocycles. The lowest BCUT2D eigenvalue weighted by atomic mass is 9.91. The van der Waals surface area contributed by atoms with Crippen LogP contribution in [-0.4, -0.2) is 29.2 Å². The fourth-order valence-electron chi connectivity index (χ4n) is 3.45. The number of carbonyl (C=O) groups excluding carboxylic acids is 1. The summed E-state index contributed by atoms with van der Waals surface area (Å²) in [7, 11) is 0. The first-order chi connectivity index (χ1) is 14.9. The molecular weight excluding hydrogens is 424 g/mol. The lowest BCUT2D eigenvalue weighted by Crippen LogP contribution is -2.38. The molecule has 0 N–H and O–H groups in total. The standard InChI is InChI=1S/C24H26F4N2O2/c1-23(2,3)13-22(31)30(14-16-7-9-18(10-8-16)24(26,27)28)15-20-12-21(29-32-20)17-5-4-6-19(25)11-17/h4-11,20H,12-15H2,1-3H3/t20-/m1/s1. The smallest absolute Gasteiger partial charge is 0.390 e. The molecule has 2 aromatic carbocycles. The van der Waals surface area contributed by atoms with Crippen molar-refractivity contribution in [2.75, 3.05) is 6.54 Å². The monoisotopic (exact) mass is 450 g/mol. The van der Waals surface area contributed by atoms with Crippen LogP contribution in [0.1, 0.15) is 50.3 Å². The second-order valence-electron chi connectivity index (χ2n) is 9.19. The summed E-state index contributed by atoms with van der Waals surface area (Å²) in [5, 5.41) is 4.05. The minimum atomic E-state index is -4.41. The molecule has 0 saturated carbocycles. The Kier molecular flexibility index (Phi) is 6.91. The van der Waals surface area contributed by atoms with Crippen LogP contribution in [0.3, 0.4) is 0 Å². The van der Waals surface area contributed by atoms with Gasteiger partial charge in [0.2, 0.25) is 5.91 Å². The number of hydrogen-bond donors (Lipinski definition) is 0. The molecule has 8 heteroatoms. The highest BCUT2D eigenvalue weighted by molar-refractivity contribution is 6.01. The number of oxime groups is 1. The topological polar surface area (TPSA) is 41.9 Å². The summed E-state index contributed by atoms with van der Waals surface area (Å²) in [6, 6.07) is 10.8. The van der Waals surface area contributed by atoms with Crippen LogP contribution >= 0.6 is 0 Å². The molecule has 0 bridgehead atoms. The largest absolute Gasteiger partial charge is 0.416 e. The fraction of sp³-hybridized carbons (Fsp3) is 0.417. The van der Waals surface area contributed by atoms with Crippen LogP contribution in [0.5, 0.6) is 0 Å². The van der Waals surface area contributed by atoms with E-state index in [1.54, 1.807) is 17.0 Å². The Morgan fingerprint density at radius 3 is 2.41 bits per heavy atom. The highest BCUT2D eigenvalue weighted by Gasteiger charge is 2.31. The van der Waals surface area contributed by atoms with Crippen molar-refractivity contribution in [3.63, 3.8) is 0 Å². The van der Waals surface area contributed by atoms with Crippen LogP contribution in [0.15, 0.2) is 53.7 Å². The number of nitrogens with zero attached hydrogens (tertiary/aromatic N) is 2. The first kappa shape index (κ1) is 23.8. The van der Waals surface area contributed by atoms with E-state index in [0.29, 0.717) is 23.3 Å². The van der Waals surface area contributed by atoms with E-state index in [4.69, 9.17) is 4.84 Å². The zero-order valence-corrected chi connectivity index (χ0v) is 18.2. The number of alkyl halides is 3. The van der Waals surface area contributed by atoms with E-state index in [9.17, 15) is 22.4 Å². The van der Waals surface area contributed by atoms with Gasteiger partial charge in [0.1, 0.15) is 5.82 Å². The molecular formula is C24H26F4N2O2. The van der Waals surface area contributed by atoms with E-state index in [2.05, 4.69) is 5.16 Å². The molecule has 172 valence electrons. The van der Waals surface area contributed by atoms with Crippen molar-refractivity contribution in [1.29, 1.82) is 0 Å². The van der Waals surface area contributed by atoms with Gasteiger partial charge in [-0.3, -0.25) is 4.79 Å². The van der Waals surface area contributed by atoms with Crippen LogP contribution in [-0.2, 0) is 22.4 Å². The van der Waals surface area contributed by atoms with Crippen molar-refractivity contribution >= 4 is 11.6 Å². The van der Waals surface area contributed by atoms with Crippen LogP contribution < -0.4 is 0 Å². The van der Waals surface area contributed by atoms with Crippen LogP contribution in [0.4, 0.5) is 17.6 Å². The molecule has 3 rings (SSSR count). The average Bonchev–Trinajstić information content (AvgIpc) is 3.14. The van der Waals surface area contributed by atoms with Crippen molar-refractivity contribution in [1.82, 2.24) is 4.90 Å². The summed E-state index contributed by atoms with van der Waals surface area (Å²) in [5.41, 5.74) is 0.801. The van der Waals surface area contributed by atoms with Crippen molar-refractivity contribution < 1.29 is 27.2 Å². The van der Waals surface area contributed by atoms with Gasteiger partial charge in [-0.15, -0.1) is 0 Å². The van der Waals surface area contributed by atoms with Gasteiger partial charge >= 0.3 is 6.18 Å². The third-order valence-electron chi connectivity index (χ3n) is 5.00. The van der Waals surface area contributed by atoms with E-state index < -0.39 is 17.8 Å². The molecule has 0 saturated heterocycles. The predicted octanol–water partition coefficient (Wildman–Crippen LogP) is 5.80. The second-order valence-corrected chi connectivity index (χ2v) is 9.19. The number of halogens is 4. The quantitative estimate of drug-likeness (QED) is 0.522. The molecule has 1 heterocycles. The molecule has 1 amide bonds. The summed E-state index contributed by atoms with van der Waals surface area (Å²) < 4.78 is 52.1. The van der Waals surface area contributed by atoms with E-state index >= 15 is 0 Å². The molecule has 2 aromatic rings. The minimum Gasteiger partial charge on any atom is -0.390 e. The molecule has 0 spiro atoms. The summed E-state index contributed by atoms with van der Waals surface area (Å²) in [4.78, 5) is 20.1. The lowest BCUT2D eigenvalue weighted by molar-refractivity contribution is -0.138. The van der Waals surface area contributed by atoms with Crippen molar-refractivity contribution in [2.45, 2.75) is 52.4 Å². The van der Waals surface area contributed by atoms with E-state index in [1.165, 1.54) is 24.3 Å². The van der Waals surface area contributed by atoms with E-state index in [1.807, 2.05) is 20.8 Å². The Morgan fingerprint density at radius 2 is 1.81 bits per heavy atom. The van der Waals surface area contributed by atoms with Gasteiger partial charge in [0.05, 0.1) is 17.8 Å². The van der Waals surface area contributed by atoms with Gasteiger partial charge in [-0.2, -0.15) is 13.2 Å². The molecule has 1 aliphatic rings. The van der Waals surface area contributed by atoms with Crippen LogP contribution in [0.25, 0.3) is 0 Å². The van der Waals surface area contributed by atoms with Gasteiger partial charge in [0.25, 0.3) is 0 Å². The zero-order chi connectivity index (χ0) is 23.5. The van der Waals surface area contributed by atoms with E-state index in [0.717, 1.165) is 12.1 Å². The summed E-state index contributed by atoms with van der Waals surface area (Å²) in [6.45, 7) is 6.20. The number of amides is 1. The summed E-state index contributed by atoms with van der Waals surface area (Å²) >= 11 is 0.